The topological polar surface area (TPSA) is 30.5 Å². The van der Waals surface area contributed by atoms with Crippen molar-refractivity contribution in [2.75, 3.05) is 20.8 Å². The molecule has 1 unspecified atom stereocenters. The van der Waals surface area contributed by atoms with Crippen LogP contribution in [0, 0.1) is 0 Å². The summed E-state index contributed by atoms with van der Waals surface area (Å²) in [6.07, 6.45) is 1.08. The Bertz CT molecular complexity index is 585. The number of nitrogens with one attached hydrogen (secondary N) is 1. The van der Waals surface area contributed by atoms with E-state index in [1.54, 1.807) is 25.6 Å². The SMILES string of the molecule is CCCNC(c1csc(Br)c1)c1cc(OC)ccc1OC. The van der Waals surface area contributed by atoms with Gasteiger partial charge >= 0.3 is 0 Å². The number of benzene rings is 1. The van der Waals surface area contributed by atoms with Gasteiger partial charge in [-0.1, -0.05) is 6.92 Å². The maximum absolute atomic E-state index is 5.53. The van der Waals surface area contributed by atoms with Gasteiger partial charge in [0.15, 0.2) is 0 Å². The Morgan fingerprint density at radius 1 is 1.24 bits per heavy atom. The van der Waals surface area contributed by atoms with E-state index in [1.807, 2.05) is 18.2 Å². The van der Waals surface area contributed by atoms with Gasteiger partial charge in [-0.3, -0.25) is 0 Å². The highest BCUT2D eigenvalue weighted by Gasteiger charge is 2.19. The summed E-state index contributed by atoms with van der Waals surface area (Å²) in [5, 5.41) is 5.75. The average molecular weight is 370 g/mol. The van der Waals surface area contributed by atoms with Crippen molar-refractivity contribution in [1.82, 2.24) is 5.32 Å². The molecule has 0 saturated heterocycles. The molecule has 2 rings (SSSR count). The van der Waals surface area contributed by atoms with Crippen LogP contribution in [0.5, 0.6) is 11.5 Å². The van der Waals surface area contributed by atoms with E-state index in [0.29, 0.717) is 0 Å². The van der Waals surface area contributed by atoms with Gasteiger partial charge in [-0.25, -0.2) is 0 Å². The predicted molar refractivity (Wildman–Crippen MR) is 91.7 cm³/mol. The van der Waals surface area contributed by atoms with Gasteiger partial charge in [-0.15, -0.1) is 11.3 Å². The number of halogens is 1. The summed E-state index contributed by atoms with van der Waals surface area (Å²) in [5.74, 6) is 1.70. The first-order chi connectivity index (χ1) is 10.2. The molecule has 5 heteroatoms. The van der Waals surface area contributed by atoms with Gasteiger partial charge in [0.1, 0.15) is 11.5 Å². The monoisotopic (exact) mass is 369 g/mol. The molecule has 3 nitrogen and oxygen atoms in total. The Morgan fingerprint density at radius 3 is 2.62 bits per heavy atom. The van der Waals surface area contributed by atoms with E-state index in [9.17, 15) is 0 Å². The molecule has 2 aromatic rings. The zero-order chi connectivity index (χ0) is 15.2. The van der Waals surface area contributed by atoms with Gasteiger partial charge in [0.05, 0.1) is 24.0 Å². The smallest absolute Gasteiger partial charge is 0.124 e. The zero-order valence-corrected chi connectivity index (χ0v) is 14.9. The molecular weight excluding hydrogens is 350 g/mol. The molecule has 0 radical (unpaired) electrons. The van der Waals surface area contributed by atoms with Crippen LogP contribution in [-0.2, 0) is 0 Å². The number of methoxy groups -OCH3 is 2. The highest BCUT2D eigenvalue weighted by Crippen LogP contribution is 2.35. The Morgan fingerprint density at radius 2 is 2.05 bits per heavy atom. The largest absolute Gasteiger partial charge is 0.497 e. The minimum atomic E-state index is 0.0950. The third-order valence-electron chi connectivity index (χ3n) is 3.27. The maximum atomic E-state index is 5.53. The van der Waals surface area contributed by atoms with Crippen molar-refractivity contribution in [3.8, 4) is 11.5 Å². The normalized spacial score (nSPS) is 12.2. The van der Waals surface area contributed by atoms with E-state index < -0.39 is 0 Å². The van der Waals surface area contributed by atoms with Crippen LogP contribution in [-0.4, -0.2) is 20.8 Å². The molecule has 0 bridgehead atoms. The van der Waals surface area contributed by atoms with E-state index >= 15 is 0 Å². The summed E-state index contributed by atoms with van der Waals surface area (Å²) in [6.45, 7) is 3.11. The molecule has 114 valence electrons. The van der Waals surface area contributed by atoms with Crippen LogP contribution in [0.3, 0.4) is 0 Å². The quantitative estimate of drug-likeness (QED) is 0.772. The van der Waals surface area contributed by atoms with Crippen LogP contribution >= 0.6 is 27.3 Å². The standard InChI is InChI=1S/C16H20BrNO2S/c1-4-7-18-16(11-8-15(17)21-10-11)13-9-12(19-2)5-6-14(13)20-3/h5-6,8-10,16,18H,4,7H2,1-3H3. The molecule has 1 aromatic carbocycles. The van der Waals surface area contributed by atoms with Gasteiger partial charge in [0, 0.05) is 5.56 Å². The zero-order valence-electron chi connectivity index (χ0n) is 12.5. The Kier molecular flexibility index (Phi) is 6.08. The van der Waals surface area contributed by atoms with Gasteiger partial charge in [-0.05, 0) is 64.1 Å². The van der Waals surface area contributed by atoms with Crippen LogP contribution in [0.4, 0.5) is 0 Å². The van der Waals surface area contributed by atoms with Crippen LogP contribution in [0.1, 0.15) is 30.5 Å². The Labute approximate surface area is 138 Å². The van der Waals surface area contributed by atoms with Crippen molar-refractivity contribution >= 4 is 27.3 Å². The third-order valence-corrected chi connectivity index (χ3v) is 4.79. The first-order valence-electron chi connectivity index (χ1n) is 6.88. The van der Waals surface area contributed by atoms with Crippen molar-refractivity contribution in [2.24, 2.45) is 0 Å². The summed E-state index contributed by atoms with van der Waals surface area (Å²) < 4.78 is 12.0. The molecule has 0 fully saturated rings. The minimum absolute atomic E-state index is 0.0950. The number of hydrogen-bond acceptors (Lipinski definition) is 4. The van der Waals surface area contributed by atoms with Crippen LogP contribution < -0.4 is 14.8 Å². The highest BCUT2D eigenvalue weighted by atomic mass is 79.9. The lowest BCUT2D eigenvalue weighted by atomic mass is 9.99. The fourth-order valence-electron chi connectivity index (χ4n) is 2.24. The molecular formula is C16H20BrNO2S. The van der Waals surface area contributed by atoms with Crippen molar-refractivity contribution in [1.29, 1.82) is 0 Å². The molecule has 0 aliphatic carbocycles. The summed E-state index contributed by atoms with van der Waals surface area (Å²) in [7, 11) is 3.38. The average Bonchev–Trinajstić information content (AvgIpc) is 2.93. The Balaban J connectivity index is 2.44. The molecule has 1 atom stereocenters. The van der Waals surface area contributed by atoms with E-state index in [2.05, 4.69) is 39.6 Å². The summed E-state index contributed by atoms with van der Waals surface area (Å²) in [5.41, 5.74) is 2.32. The van der Waals surface area contributed by atoms with Crippen molar-refractivity contribution in [3.05, 3.63) is 44.6 Å². The number of rotatable bonds is 7. The summed E-state index contributed by atoms with van der Waals surface area (Å²) in [6, 6.07) is 8.16. The molecule has 1 heterocycles. The molecule has 0 amide bonds. The summed E-state index contributed by atoms with van der Waals surface area (Å²) in [4.78, 5) is 0. The highest BCUT2D eigenvalue weighted by molar-refractivity contribution is 9.11. The molecule has 1 N–H and O–H groups in total. The van der Waals surface area contributed by atoms with E-state index in [4.69, 9.17) is 9.47 Å². The second-order valence-corrected chi connectivity index (χ2v) is 6.97. The van der Waals surface area contributed by atoms with Crippen LogP contribution in [0.25, 0.3) is 0 Å². The predicted octanol–water partition coefficient (Wildman–Crippen LogP) is 4.62. The van der Waals surface area contributed by atoms with Gasteiger partial charge < -0.3 is 14.8 Å². The lowest BCUT2D eigenvalue weighted by molar-refractivity contribution is 0.393. The first kappa shape index (κ1) is 16.3. The molecule has 0 aliphatic rings. The van der Waals surface area contributed by atoms with Crippen LogP contribution in [0.2, 0.25) is 0 Å². The second kappa shape index (κ2) is 7.82. The molecule has 0 spiro atoms. The first-order valence-corrected chi connectivity index (χ1v) is 8.56. The van der Waals surface area contributed by atoms with Gasteiger partial charge in [0.25, 0.3) is 0 Å². The fraction of sp³-hybridized carbons (Fsp3) is 0.375. The van der Waals surface area contributed by atoms with Crippen molar-refractivity contribution in [3.63, 3.8) is 0 Å². The number of thiophene rings is 1. The van der Waals surface area contributed by atoms with Gasteiger partial charge in [0.2, 0.25) is 0 Å². The van der Waals surface area contributed by atoms with Crippen molar-refractivity contribution < 1.29 is 9.47 Å². The Hall–Kier alpha value is -1.04. The fourth-order valence-corrected chi connectivity index (χ4v) is 3.44. The number of ether oxygens (including phenoxy) is 2. The summed E-state index contributed by atoms with van der Waals surface area (Å²) >= 11 is 5.23. The third kappa shape index (κ3) is 3.99. The van der Waals surface area contributed by atoms with Gasteiger partial charge in [-0.2, -0.15) is 0 Å². The van der Waals surface area contributed by atoms with E-state index in [0.717, 1.165) is 33.8 Å². The molecule has 0 aliphatic heterocycles. The molecule has 0 saturated carbocycles. The van der Waals surface area contributed by atoms with E-state index in [-0.39, 0.29) is 6.04 Å². The lowest BCUT2D eigenvalue weighted by Crippen LogP contribution is -2.23. The molecule has 21 heavy (non-hydrogen) atoms. The van der Waals surface area contributed by atoms with Crippen LogP contribution in [0.15, 0.2) is 33.4 Å². The van der Waals surface area contributed by atoms with E-state index in [1.165, 1.54) is 5.56 Å². The number of hydrogen-bond donors (Lipinski definition) is 1. The molecule has 1 aromatic heterocycles. The maximum Gasteiger partial charge on any atom is 0.124 e. The second-order valence-electron chi connectivity index (χ2n) is 4.68. The minimum Gasteiger partial charge on any atom is -0.497 e. The van der Waals surface area contributed by atoms with Crippen molar-refractivity contribution in [2.45, 2.75) is 19.4 Å². The lowest BCUT2D eigenvalue weighted by Gasteiger charge is -2.21.